The van der Waals surface area contributed by atoms with Gasteiger partial charge in [-0.05, 0) is 42.5 Å². The van der Waals surface area contributed by atoms with Gasteiger partial charge in [-0.2, -0.15) is 0 Å². The number of hydrogen-bond acceptors (Lipinski definition) is 6. The summed E-state index contributed by atoms with van der Waals surface area (Å²) in [6.07, 6.45) is 3.35. The van der Waals surface area contributed by atoms with Crippen LogP contribution in [0.15, 0.2) is 72.1 Å². The van der Waals surface area contributed by atoms with E-state index in [1.807, 2.05) is 41.0 Å². The van der Waals surface area contributed by atoms with Gasteiger partial charge in [0, 0.05) is 29.7 Å². The molecular weight excluding hydrogens is 453 g/mol. The monoisotopic (exact) mass is 469 g/mol. The molecule has 0 bridgehead atoms. The Kier molecular flexibility index (Phi) is 6.67. The molecule has 7 nitrogen and oxygen atoms in total. The van der Waals surface area contributed by atoms with E-state index in [9.17, 15) is 9.18 Å². The first-order chi connectivity index (χ1) is 15.5. The smallest absolute Gasteiger partial charge is 0.234 e. The molecule has 0 radical (unpaired) electrons. The zero-order chi connectivity index (χ0) is 22.5. The molecule has 10 heteroatoms. The molecule has 0 spiro atoms. The summed E-state index contributed by atoms with van der Waals surface area (Å²) < 4.78 is 20.5. The first-order valence-electron chi connectivity index (χ1n) is 9.43. The minimum absolute atomic E-state index is 0.0600. The zero-order valence-electron chi connectivity index (χ0n) is 16.8. The van der Waals surface area contributed by atoms with E-state index in [2.05, 4.69) is 20.5 Å². The van der Waals surface area contributed by atoms with E-state index in [1.165, 1.54) is 30.0 Å². The van der Waals surface area contributed by atoms with Gasteiger partial charge in [0.1, 0.15) is 11.6 Å². The van der Waals surface area contributed by atoms with Crippen LogP contribution in [0.2, 0.25) is 5.02 Å². The molecule has 0 unspecified atom stereocenters. The van der Waals surface area contributed by atoms with Crippen molar-refractivity contribution in [1.29, 1.82) is 0 Å². The molecule has 0 aliphatic rings. The number of pyridine rings is 1. The molecule has 162 valence electrons. The van der Waals surface area contributed by atoms with Gasteiger partial charge in [-0.15, -0.1) is 10.2 Å². The number of benzene rings is 2. The largest absolute Gasteiger partial charge is 0.497 e. The number of carbonyl (C=O) groups is 1. The highest BCUT2D eigenvalue weighted by molar-refractivity contribution is 7.99. The van der Waals surface area contributed by atoms with Crippen molar-refractivity contribution in [1.82, 2.24) is 19.7 Å². The average Bonchev–Trinajstić information content (AvgIpc) is 3.25. The Hall–Kier alpha value is -3.43. The minimum Gasteiger partial charge on any atom is -0.497 e. The van der Waals surface area contributed by atoms with E-state index in [0.717, 1.165) is 11.3 Å². The van der Waals surface area contributed by atoms with E-state index in [0.29, 0.717) is 22.4 Å². The average molecular weight is 470 g/mol. The molecule has 0 atom stereocenters. The molecule has 4 rings (SSSR count). The van der Waals surface area contributed by atoms with Crippen LogP contribution < -0.4 is 10.1 Å². The van der Waals surface area contributed by atoms with Gasteiger partial charge in [0.15, 0.2) is 11.0 Å². The topological polar surface area (TPSA) is 81.9 Å². The predicted octanol–water partition coefficient (Wildman–Crippen LogP) is 4.86. The molecule has 1 amide bonds. The third kappa shape index (κ3) is 4.90. The summed E-state index contributed by atoms with van der Waals surface area (Å²) in [5.41, 5.74) is 2.02. The van der Waals surface area contributed by atoms with Crippen molar-refractivity contribution in [3.63, 3.8) is 0 Å². The highest BCUT2D eigenvalue weighted by atomic mass is 35.5. The maximum Gasteiger partial charge on any atom is 0.234 e. The molecule has 1 N–H and O–H groups in total. The Morgan fingerprint density at radius 1 is 1.16 bits per heavy atom. The number of halogens is 2. The van der Waals surface area contributed by atoms with Crippen molar-refractivity contribution in [3.8, 4) is 22.8 Å². The molecule has 0 aliphatic heterocycles. The van der Waals surface area contributed by atoms with Gasteiger partial charge < -0.3 is 10.1 Å². The summed E-state index contributed by atoms with van der Waals surface area (Å²) in [7, 11) is 1.59. The molecule has 0 aliphatic carbocycles. The lowest BCUT2D eigenvalue weighted by Crippen LogP contribution is -2.14. The molecule has 2 aromatic heterocycles. The second-order valence-corrected chi connectivity index (χ2v) is 7.89. The number of thioether (sulfide) groups is 1. The van der Waals surface area contributed by atoms with Crippen molar-refractivity contribution >= 4 is 35.0 Å². The number of hydrogen-bond donors (Lipinski definition) is 1. The van der Waals surface area contributed by atoms with Crippen molar-refractivity contribution in [2.75, 3.05) is 18.2 Å². The summed E-state index contributed by atoms with van der Waals surface area (Å²) in [6, 6.07) is 15.1. The SMILES string of the molecule is COc1cccc(-n2c(SCC(=O)Nc3ccc(F)c(Cl)c3)nnc2-c2ccncc2)c1. The van der Waals surface area contributed by atoms with Crippen LogP contribution in [0.1, 0.15) is 0 Å². The van der Waals surface area contributed by atoms with Gasteiger partial charge in [0.05, 0.1) is 23.6 Å². The van der Waals surface area contributed by atoms with Crippen LogP contribution in [-0.2, 0) is 4.79 Å². The highest BCUT2D eigenvalue weighted by Crippen LogP contribution is 2.29. The molecule has 0 saturated carbocycles. The molecule has 2 aromatic carbocycles. The number of amides is 1. The number of rotatable bonds is 7. The van der Waals surface area contributed by atoms with E-state index in [-0.39, 0.29) is 16.7 Å². The number of nitrogens with one attached hydrogen (secondary N) is 1. The third-order valence-corrected chi connectivity index (χ3v) is 5.64. The fraction of sp³-hybridized carbons (Fsp3) is 0.0909. The van der Waals surface area contributed by atoms with Crippen molar-refractivity contribution in [2.24, 2.45) is 0 Å². The van der Waals surface area contributed by atoms with E-state index >= 15 is 0 Å². The van der Waals surface area contributed by atoms with Gasteiger partial charge in [-0.1, -0.05) is 29.4 Å². The predicted molar refractivity (Wildman–Crippen MR) is 122 cm³/mol. The fourth-order valence-electron chi connectivity index (χ4n) is 2.93. The van der Waals surface area contributed by atoms with Crippen LogP contribution in [0.25, 0.3) is 17.1 Å². The molecular formula is C22H17ClFN5O2S. The molecule has 2 heterocycles. The Morgan fingerprint density at radius 2 is 1.97 bits per heavy atom. The van der Waals surface area contributed by atoms with Crippen LogP contribution >= 0.6 is 23.4 Å². The number of methoxy groups -OCH3 is 1. The lowest BCUT2D eigenvalue weighted by Gasteiger charge is -2.11. The van der Waals surface area contributed by atoms with Gasteiger partial charge in [-0.3, -0.25) is 14.3 Å². The molecule has 0 saturated heterocycles. The van der Waals surface area contributed by atoms with E-state index in [1.54, 1.807) is 19.5 Å². The lowest BCUT2D eigenvalue weighted by atomic mass is 10.2. The van der Waals surface area contributed by atoms with Crippen molar-refractivity contribution < 1.29 is 13.9 Å². The van der Waals surface area contributed by atoms with Crippen LogP contribution in [0.5, 0.6) is 5.75 Å². The number of ether oxygens (including phenoxy) is 1. The Morgan fingerprint density at radius 3 is 2.72 bits per heavy atom. The van der Waals surface area contributed by atoms with Gasteiger partial charge >= 0.3 is 0 Å². The summed E-state index contributed by atoms with van der Waals surface area (Å²) >= 11 is 7.00. The lowest BCUT2D eigenvalue weighted by molar-refractivity contribution is -0.113. The standard InChI is InChI=1S/C22H17ClFN5O2S/c1-31-17-4-2-3-16(12-17)29-21(14-7-9-25-10-8-14)27-28-22(29)32-13-20(30)26-15-5-6-19(24)18(23)11-15/h2-12H,13H2,1H3,(H,26,30). The van der Waals surface area contributed by atoms with Crippen LogP contribution in [-0.4, -0.2) is 38.5 Å². The van der Waals surface area contributed by atoms with Crippen molar-refractivity contribution in [3.05, 3.63) is 77.8 Å². The summed E-state index contributed by atoms with van der Waals surface area (Å²) in [4.78, 5) is 16.5. The second kappa shape index (κ2) is 9.80. The number of carbonyl (C=O) groups excluding carboxylic acids is 1. The third-order valence-electron chi connectivity index (χ3n) is 4.42. The summed E-state index contributed by atoms with van der Waals surface area (Å²) in [6.45, 7) is 0. The quantitative estimate of drug-likeness (QED) is 0.389. The van der Waals surface area contributed by atoms with Gasteiger partial charge in [-0.25, -0.2) is 4.39 Å². The number of anilines is 1. The molecule has 0 fully saturated rings. The maximum atomic E-state index is 13.3. The Balaban J connectivity index is 1.60. The van der Waals surface area contributed by atoms with Crippen LogP contribution in [0.3, 0.4) is 0 Å². The highest BCUT2D eigenvalue weighted by Gasteiger charge is 2.18. The molecule has 4 aromatic rings. The van der Waals surface area contributed by atoms with E-state index in [4.69, 9.17) is 16.3 Å². The first-order valence-corrected chi connectivity index (χ1v) is 10.8. The summed E-state index contributed by atoms with van der Waals surface area (Å²) in [5.74, 6) is 0.512. The number of aromatic nitrogens is 4. The fourth-order valence-corrected chi connectivity index (χ4v) is 3.87. The normalized spacial score (nSPS) is 10.7. The van der Waals surface area contributed by atoms with Gasteiger partial charge in [0.25, 0.3) is 0 Å². The van der Waals surface area contributed by atoms with Crippen LogP contribution in [0.4, 0.5) is 10.1 Å². The molecule has 32 heavy (non-hydrogen) atoms. The van der Waals surface area contributed by atoms with Gasteiger partial charge in [0.2, 0.25) is 5.91 Å². The maximum absolute atomic E-state index is 13.3. The minimum atomic E-state index is -0.547. The summed E-state index contributed by atoms with van der Waals surface area (Å²) in [5, 5.41) is 11.8. The zero-order valence-corrected chi connectivity index (χ0v) is 18.4. The second-order valence-electron chi connectivity index (χ2n) is 6.54. The van der Waals surface area contributed by atoms with Crippen LogP contribution in [0, 0.1) is 5.82 Å². The van der Waals surface area contributed by atoms with E-state index < -0.39 is 5.82 Å². The Labute approximate surface area is 192 Å². The Bertz CT molecular complexity index is 1250. The first kappa shape index (κ1) is 21.8. The van der Waals surface area contributed by atoms with Crippen molar-refractivity contribution in [2.45, 2.75) is 5.16 Å². The number of nitrogens with zero attached hydrogens (tertiary/aromatic N) is 4.